The van der Waals surface area contributed by atoms with Crippen LogP contribution in [-0.4, -0.2) is 17.2 Å². The van der Waals surface area contributed by atoms with Crippen molar-refractivity contribution in [1.29, 1.82) is 0 Å². The molecule has 0 aromatic heterocycles. The smallest absolute Gasteiger partial charge is 0.334 e. The van der Waals surface area contributed by atoms with Crippen LogP contribution in [0.15, 0.2) is 11.8 Å². The molecule has 1 aliphatic carbocycles. The van der Waals surface area contributed by atoms with E-state index in [4.69, 9.17) is 9.84 Å². The Morgan fingerprint density at radius 3 is 3.18 bits per heavy atom. The normalized spacial score (nSPS) is 34.4. The van der Waals surface area contributed by atoms with Crippen LogP contribution >= 0.6 is 0 Å². The minimum atomic E-state index is -0.824. The quantitative estimate of drug-likeness (QED) is 0.616. The molecule has 2 rings (SSSR count). The number of carbonyl (C=O) groups is 1. The van der Waals surface area contributed by atoms with E-state index in [2.05, 4.69) is 0 Å². The second kappa shape index (κ2) is 2.26. The van der Waals surface area contributed by atoms with E-state index in [9.17, 15) is 4.79 Å². The lowest BCUT2D eigenvalue weighted by molar-refractivity contribution is -0.133. The lowest BCUT2D eigenvalue weighted by Crippen LogP contribution is -2.17. The van der Waals surface area contributed by atoms with Crippen LogP contribution in [0.3, 0.4) is 0 Å². The molecule has 1 N–H and O–H groups in total. The standard InChI is InChI=1S/C8H10O3/c9-8(10)7-4-11-6-2-1-5(7)3-6/h4-6H,1-3H2,(H,9,10). The SMILES string of the molecule is O=C(O)C1=COC2CCC1C2. The van der Waals surface area contributed by atoms with E-state index in [1.54, 1.807) is 0 Å². The van der Waals surface area contributed by atoms with Gasteiger partial charge in [0.2, 0.25) is 0 Å². The molecule has 3 heteroatoms. The molecule has 0 amide bonds. The van der Waals surface area contributed by atoms with Gasteiger partial charge in [0.25, 0.3) is 0 Å². The predicted molar refractivity (Wildman–Crippen MR) is 37.9 cm³/mol. The van der Waals surface area contributed by atoms with Gasteiger partial charge in [0, 0.05) is 0 Å². The zero-order chi connectivity index (χ0) is 7.84. The van der Waals surface area contributed by atoms with E-state index >= 15 is 0 Å². The first-order valence-electron chi connectivity index (χ1n) is 3.86. The van der Waals surface area contributed by atoms with Crippen molar-refractivity contribution in [2.45, 2.75) is 25.4 Å². The average molecular weight is 154 g/mol. The minimum absolute atomic E-state index is 0.256. The van der Waals surface area contributed by atoms with Gasteiger partial charge in [0.15, 0.2) is 0 Å². The van der Waals surface area contributed by atoms with Crippen LogP contribution in [0.25, 0.3) is 0 Å². The second-order valence-electron chi connectivity index (χ2n) is 3.15. The summed E-state index contributed by atoms with van der Waals surface area (Å²) in [6.45, 7) is 0. The zero-order valence-electron chi connectivity index (χ0n) is 6.12. The summed E-state index contributed by atoms with van der Waals surface area (Å²) < 4.78 is 5.20. The molecule has 2 bridgehead atoms. The lowest BCUT2D eigenvalue weighted by atomic mass is 9.98. The second-order valence-corrected chi connectivity index (χ2v) is 3.15. The number of carboxylic acid groups (broad SMARTS) is 1. The number of ether oxygens (including phenoxy) is 1. The molecule has 1 aliphatic heterocycles. The summed E-state index contributed by atoms with van der Waals surface area (Å²) in [6.07, 6.45) is 4.61. The Balaban J connectivity index is 2.21. The molecule has 1 saturated carbocycles. The molecular formula is C8H10O3. The average Bonchev–Trinajstić information content (AvgIpc) is 2.32. The molecule has 0 aromatic carbocycles. The van der Waals surface area contributed by atoms with E-state index in [1.807, 2.05) is 0 Å². The number of carboxylic acids is 1. The maximum absolute atomic E-state index is 10.6. The lowest BCUT2D eigenvalue weighted by Gasteiger charge is -2.17. The first-order chi connectivity index (χ1) is 5.27. The number of rotatable bonds is 1. The highest BCUT2D eigenvalue weighted by Crippen LogP contribution is 2.37. The molecule has 0 spiro atoms. The molecule has 0 radical (unpaired) electrons. The van der Waals surface area contributed by atoms with Crippen molar-refractivity contribution in [2.24, 2.45) is 5.92 Å². The van der Waals surface area contributed by atoms with Crippen LogP contribution in [0.1, 0.15) is 19.3 Å². The van der Waals surface area contributed by atoms with Crippen molar-refractivity contribution >= 4 is 5.97 Å². The van der Waals surface area contributed by atoms with Crippen molar-refractivity contribution in [3.8, 4) is 0 Å². The van der Waals surface area contributed by atoms with Crippen LogP contribution in [-0.2, 0) is 9.53 Å². The Hall–Kier alpha value is -0.990. The topological polar surface area (TPSA) is 46.5 Å². The van der Waals surface area contributed by atoms with Gasteiger partial charge in [-0.25, -0.2) is 4.79 Å². The number of fused-ring (bicyclic) bond motifs is 2. The van der Waals surface area contributed by atoms with Crippen molar-refractivity contribution in [1.82, 2.24) is 0 Å². The summed E-state index contributed by atoms with van der Waals surface area (Å²) >= 11 is 0. The van der Waals surface area contributed by atoms with Crippen LogP contribution in [0.4, 0.5) is 0 Å². The van der Waals surface area contributed by atoms with Crippen LogP contribution in [0, 0.1) is 5.92 Å². The van der Waals surface area contributed by atoms with Crippen molar-refractivity contribution in [3.05, 3.63) is 11.8 Å². The molecule has 2 aliphatic rings. The molecule has 11 heavy (non-hydrogen) atoms. The minimum Gasteiger partial charge on any atom is -0.497 e. The van der Waals surface area contributed by atoms with E-state index < -0.39 is 5.97 Å². The molecule has 2 atom stereocenters. The first-order valence-corrected chi connectivity index (χ1v) is 3.86. The summed E-state index contributed by atoms with van der Waals surface area (Å²) in [4.78, 5) is 10.6. The van der Waals surface area contributed by atoms with Crippen molar-refractivity contribution in [2.75, 3.05) is 0 Å². The predicted octanol–water partition coefficient (Wildman–Crippen LogP) is 1.15. The molecular weight excluding hydrogens is 144 g/mol. The maximum Gasteiger partial charge on any atom is 0.334 e. The highest BCUT2D eigenvalue weighted by Gasteiger charge is 2.34. The molecule has 2 unspecified atom stereocenters. The van der Waals surface area contributed by atoms with E-state index in [0.717, 1.165) is 19.3 Å². The van der Waals surface area contributed by atoms with Crippen LogP contribution in [0.5, 0.6) is 0 Å². The zero-order valence-corrected chi connectivity index (χ0v) is 6.12. The summed E-state index contributed by atoms with van der Waals surface area (Å²) in [7, 11) is 0. The first kappa shape index (κ1) is 6.70. The summed E-state index contributed by atoms with van der Waals surface area (Å²) in [5.41, 5.74) is 0.457. The summed E-state index contributed by atoms with van der Waals surface area (Å²) in [5, 5.41) is 8.71. The Bertz CT molecular complexity index is 219. The third kappa shape index (κ3) is 1.00. The van der Waals surface area contributed by atoms with E-state index in [0.29, 0.717) is 11.7 Å². The number of aliphatic carboxylic acids is 1. The van der Waals surface area contributed by atoms with Crippen molar-refractivity contribution < 1.29 is 14.6 Å². The molecule has 1 fully saturated rings. The van der Waals surface area contributed by atoms with Gasteiger partial charge in [-0.3, -0.25) is 0 Å². The third-order valence-electron chi connectivity index (χ3n) is 2.46. The van der Waals surface area contributed by atoms with Gasteiger partial charge >= 0.3 is 5.97 Å². The van der Waals surface area contributed by atoms with Crippen LogP contribution < -0.4 is 0 Å². The highest BCUT2D eigenvalue weighted by atomic mass is 16.5. The number of hydrogen-bond donors (Lipinski definition) is 1. The van der Waals surface area contributed by atoms with Gasteiger partial charge in [0.05, 0.1) is 17.9 Å². The molecule has 0 saturated heterocycles. The fourth-order valence-electron chi connectivity index (χ4n) is 1.84. The Labute approximate surface area is 64.7 Å². The monoisotopic (exact) mass is 154 g/mol. The van der Waals surface area contributed by atoms with E-state index in [1.165, 1.54) is 6.26 Å². The largest absolute Gasteiger partial charge is 0.497 e. The van der Waals surface area contributed by atoms with Crippen molar-refractivity contribution in [3.63, 3.8) is 0 Å². The van der Waals surface area contributed by atoms with Gasteiger partial charge in [-0.2, -0.15) is 0 Å². The van der Waals surface area contributed by atoms with E-state index in [-0.39, 0.29) is 5.92 Å². The Kier molecular flexibility index (Phi) is 1.37. The van der Waals surface area contributed by atoms with Gasteiger partial charge in [-0.1, -0.05) is 0 Å². The fraction of sp³-hybridized carbons (Fsp3) is 0.625. The Morgan fingerprint density at radius 2 is 2.45 bits per heavy atom. The summed E-state index contributed by atoms with van der Waals surface area (Å²) in [6, 6.07) is 0. The van der Waals surface area contributed by atoms with Gasteiger partial charge in [0.1, 0.15) is 0 Å². The molecule has 60 valence electrons. The third-order valence-corrected chi connectivity index (χ3v) is 2.46. The van der Waals surface area contributed by atoms with Crippen LogP contribution in [0.2, 0.25) is 0 Å². The fourth-order valence-corrected chi connectivity index (χ4v) is 1.84. The molecule has 0 aromatic rings. The van der Waals surface area contributed by atoms with Gasteiger partial charge in [-0.15, -0.1) is 0 Å². The highest BCUT2D eigenvalue weighted by molar-refractivity contribution is 5.87. The number of hydrogen-bond acceptors (Lipinski definition) is 2. The molecule has 3 nitrogen and oxygen atoms in total. The Morgan fingerprint density at radius 1 is 1.64 bits per heavy atom. The summed E-state index contributed by atoms with van der Waals surface area (Å²) in [5.74, 6) is -0.568. The molecule has 1 heterocycles. The van der Waals surface area contributed by atoms with Gasteiger partial charge in [-0.05, 0) is 25.2 Å². The van der Waals surface area contributed by atoms with Gasteiger partial charge < -0.3 is 9.84 Å². The maximum atomic E-state index is 10.6.